The predicted octanol–water partition coefficient (Wildman–Crippen LogP) is 3.59. The Hall–Kier alpha value is -0.910. The molecule has 0 amide bonds. The fourth-order valence-corrected chi connectivity index (χ4v) is 7.07. The van der Waals surface area contributed by atoms with E-state index in [1.54, 1.807) is 0 Å². The van der Waals surface area contributed by atoms with Crippen molar-refractivity contribution in [2.45, 2.75) is 108 Å². The zero-order valence-electron chi connectivity index (χ0n) is 17.8. The average Bonchev–Trinajstić information content (AvgIpc) is 3.21. The average molecular weight is 406 g/mol. The number of aliphatic hydroxyl groups excluding tert-OH is 2. The van der Waals surface area contributed by atoms with Gasteiger partial charge in [-0.1, -0.05) is 51.2 Å². The van der Waals surface area contributed by atoms with E-state index in [0.717, 1.165) is 38.0 Å². The highest BCUT2D eigenvalue weighted by Gasteiger charge is 2.54. The Morgan fingerprint density at radius 2 is 1.86 bits per heavy atom. The van der Waals surface area contributed by atoms with E-state index in [1.807, 2.05) is 6.08 Å². The molecular weight excluding hydrogens is 366 g/mol. The van der Waals surface area contributed by atoms with E-state index in [1.165, 1.54) is 32.1 Å². The van der Waals surface area contributed by atoms with Crippen LogP contribution >= 0.6 is 0 Å². The molecule has 0 aromatic heterocycles. The summed E-state index contributed by atoms with van der Waals surface area (Å²) in [5, 5.41) is 31.0. The second-order valence-electron chi connectivity index (χ2n) is 10.3. The molecule has 164 valence electrons. The third-order valence-electron chi connectivity index (χ3n) is 8.55. The van der Waals surface area contributed by atoms with E-state index in [2.05, 4.69) is 17.9 Å². The zero-order valence-corrected chi connectivity index (χ0v) is 17.8. The van der Waals surface area contributed by atoms with Crippen LogP contribution in [0, 0.1) is 23.7 Å². The third kappa shape index (κ3) is 4.42. The predicted molar refractivity (Wildman–Crippen MR) is 112 cm³/mol. The van der Waals surface area contributed by atoms with E-state index in [9.17, 15) is 20.1 Å². The van der Waals surface area contributed by atoms with Crippen LogP contribution in [0.4, 0.5) is 0 Å². The highest BCUT2D eigenvalue weighted by Crippen LogP contribution is 2.49. The summed E-state index contributed by atoms with van der Waals surface area (Å²) in [4.78, 5) is 14.0. The lowest BCUT2D eigenvalue weighted by Gasteiger charge is -2.38. The van der Waals surface area contributed by atoms with Crippen LogP contribution in [-0.2, 0) is 4.79 Å². The van der Waals surface area contributed by atoms with Gasteiger partial charge in [-0.25, -0.2) is 0 Å². The van der Waals surface area contributed by atoms with Crippen LogP contribution in [-0.4, -0.2) is 56.5 Å². The van der Waals surface area contributed by atoms with Gasteiger partial charge in [-0.15, -0.1) is 0 Å². The lowest BCUT2D eigenvalue weighted by atomic mass is 9.78. The number of carboxylic acids is 1. The molecule has 2 heterocycles. The summed E-state index contributed by atoms with van der Waals surface area (Å²) in [5.74, 6) is 0.921. The van der Waals surface area contributed by atoms with Gasteiger partial charge in [-0.3, -0.25) is 9.69 Å². The van der Waals surface area contributed by atoms with Gasteiger partial charge in [-0.05, 0) is 56.3 Å². The SMILES string of the molecule is CC(C[C@@H](O)/C=C/[C@@H]1[C@H]2CC3CCCC(C(=O)O)N3[C@@H]2C[C@H]1O)C1CCCCC1. The van der Waals surface area contributed by atoms with Crippen molar-refractivity contribution in [3.05, 3.63) is 12.2 Å². The Bertz CT molecular complexity index is 602. The number of nitrogens with zero attached hydrogens (tertiary/aromatic N) is 1. The molecule has 5 nitrogen and oxygen atoms in total. The first kappa shape index (κ1) is 21.3. The van der Waals surface area contributed by atoms with Crippen molar-refractivity contribution in [2.75, 3.05) is 0 Å². The zero-order chi connectivity index (χ0) is 20.5. The minimum absolute atomic E-state index is 0.0414. The number of carboxylic acid groups (broad SMARTS) is 1. The summed E-state index contributed by atoms with van der Waals surface area (Å²) in [6, 6.07) is 0.129. The molecule has 4 fully saturated rings. The topological polar surface area (TPSA) is 81.0 Å². The molecule has 2 saturated carbocycles. The maximum Gasteiger partial charge on any atom is 0.320 e. The molecule has 2 aliphatic heterocycles. The number of rotatable bonds is 6. The minimum atomic E-state index is -0.712. The molecule has 0 bridgehead atoms. The van der Waals surface area contributed by atoms with E-state index < -0.39 is 18.2 Å². The van der Waals surface area contributed by atoms with E-state index in [-0.39, 0.29) is 18.0 Å². The Morgan fingerprint density at radius 3 is 2.59 bits per heavy atom. The maximum atomic E-state index is 11.7. The summed E-state index contributed by atoms with van der Waals surface area (Å²) in [6.07, 6.45) is 14.9. The number of piperidine rings is 1. The molecular formula is C24H39NO4. The van der Waals surface area contributed by atoms with Gasteiger partial charge in [0.25, 0.3) is 0 Å². The quantitative estimate of drug-likeness (QED) is 0.589. The molecule has 4 rings (SSSR count). The van der Waals surface area contributed by atoms with E-state index >= 15 is 0 Å². The molecule has 8 atom stereocenters. The van der Waals surface area contributed by atoms with Crippen LogP contribution in [0.15, 0.2) is 12.2 Å². The lowest BCUT2D eigenvalue weighted by Crippen LogP contribution is -2.51. The van der Waals surface area contributed by atoms with Gasteiger partial charge in [-0.2, -0.15) is 0 Å². The Kier molecular flexibility index (Phi) is 6.67. The summed E-state index contributed by atoms with van der Waals surface area (Å²) in [5.41, 5.74) is 0. The third-order valence-corrected chi connectivity index (χ3v) is 8.55. The monoisotopic (exact) mass is 405 g/mol. The first-order valence-electron chi connectivity index (χ1n) is 12.0. The molecule has 4 aliphatic rings. The van der Waals surface area contributed by atoms with Crippen LogP contribution in [0.25, 0.3) is 0 Å². The maximum absolute atomic E-state index is 11.7. The number of fused-ring (bicyclic) bond motifs is 3. The second-order valence-corrected chi connectivity index (χ2v) is 10.3. The first-order chi connectivity index (χ1) is 14.0. The molecule has 2 saturated heterocycles. The van der Waals surface area contributed by atoms with Crippen LogP contribution in [0.2, 0.25) is 0 Å². The first-order valence-corrected chi connectivity index (χ1v) is 12.0. The highest BCUT2D eigenvalue weighted by molar-refractivity contribution is 5.73. The van der Waals surface area contributed by atoms with Crippen molar-refractivity contribution in [3.63, 3.8) is 0 Å². The minimum Gasteiger partial charge on any atom is -0.480 e. The van der Waals surface area contributed by atoms with E-state index in [4.69, 9.17) is 0 Å². The molecule has 5 heteroatoms. The second kappa shape index (κ2) is 9.07. The van der Waals surface area contributed by atoms with Crippen LogP contribution in [0.3, 0.4) is 0 Å². The Balaban J connectivity index is 1.37. The van der Waals surface area contributed by atoms with Crippen molar-refractivity contribution in [2.24, 2.45) is 23.7 Å². The number of hydrogen-bond acceptors (Lipinski definition) is 4. The summed E-state index contributed by atoms with van der Waals surface area (Å²) < 4.78 is 0. The number of aliphatic carboxylic acids is 1. The number of carbonyl (C=O) groups is 1. The normalized spacial score (nSPS) is 40.7. The van der Waals surface area contributed by atoms with Gasteiger partial charge < -0.3 is 15.3 Å². The van der Waals surface area contributed by atoms with Gasteiger partial charge in [0.2, 0.25) is 0 Å². The Morgan fingerprint density at radius 1 is 1.10 bits per heavy atom. The van der Waals surface area contributed by atoms with Crippen LogP contribution < -0.4 is 0 Å². The lowest BCUT2D eigenvalue weighted by molar-refractivity contribution is -0.146. The van der Waals surface area contributed by atoms with Crippen molar-refractivity contribution >= 4 is 5.97 Å². The van der Waals surface area contributed by atoms with Crippen molar-refractivity contribution in [1.29, 1.82) is 0 Å². The molecule has 2 aliphatic carbocycles. The van der Waals surface area contributed by atoms with Gasteiger partial charge in [0.1, 0.15) is 6.04 Å². The molecule has 0 radical (unpaired) electrons. The molecule has 3 unspecified atom stereocenters. The standard InChI is InChI=1S/C24H39NO4/c1-15(16-6-3-2-4-7-16)12-18(26)10-11-19-20-13-17-8-5-9-21(24(28)29)25(17)22(20)14-23(19)27/h10-11,15-23,26-27H,2-9,12-14H2,1H3,(H,28,29)/b11-10+/t15?,17?,18-,19+,20+,21?,22+,23+/m0/s1. The summed E-state index contributed by atoms with van der Waals surface area (Å²) in [6.45, 7) is 2.27. The number of hydrogen-bond donors (Lipinski definition) is 3. The molecule has 0 spiro atoms. The van der Waals surface area contributed by atoms with Crippen LogP contribution in [0.5, 0.6) is 0 Å². The largest absolute Gasteiger partial charge is 0.480 e. The number of aliphatic hydroxyl groups is 2. The summed E-state index contributed by atoms with van der Waals surface area (Å²) >= 11 is 0. The molecule has 29 heavy (non-hydrogen) atoms. The van der Waals surface area contributed by atoms with Gasteiger partial charge in [0.05, 0.1) is 12.2 Å². The van der Waals surface area contributed by atoms with Gasteiger partial charge in [0.15, 0.2) is 0 Å². The molecule has 3 N–H and O–H groups in total. The van der Waals surface area contributed by atoms with Crippen LogP contribution in [0.1, 0.15) is 77.6 Å². The highest BCUT2D eigenvalue weighted by atomic mass is 16.4. The fraction of sp³-hybridized carbons (Fsp3) is 0.875. The van der Waals surface area contributed by atoms with E-state index in [0.29, 0.717) is 24.3 Å². The van der Waals surface area contributed by atoms with Crippen molar-refractivity contribution < 1.29 is 20.1 Å². The Labute approximate surface area is 175 Å². The smallest absolute Gasteiger partial charge is 0.320 e. The summed E-state index contributed by atoms with van der Waals surface area (Å²) in [7, 11) is 0. The van der Waals surface area contributed by atoms with Crippen molar-refractivity contribution in [1.82, 2.24) is 4.90 Å². The van der Waals surface area contributed by atoms with Crippen molar-refractivity contribution in [3.8, 4) is 0 Å². The molecule has 0 aromatic carbocycles. The van der Waals surface area contributed by atoms with Gasteiger partial charge >= 0.3 is 5.97 Å². The van der Waals surface area contributed by atoms with Gasteiger partial charge in [0, 0.05) is 18.0 Å². The molecule has 0 aromatic rings. The fourth-order valence-electron chi connectivity index (χ4n) is 7.07.